The molecule has 1 aromatic carbocycles. The molecule has 2 aromatic rings. The Kier molecular flexibility index (Phi) is 4.70. The van der Waals surface area contributed by atoms with Gasteiger partial charge in [-0.15, -0.1) is 11.3 Å². The normalized spacial score (nSPS) is 10.2. The highest BCUT2D eigenvalue weighted by Gasteiger charge is 2.15. The number of esters is 1. The van der Waals surface area contributed by atoms with E-state index >= 15 is 0 Å². The third kappa shape index (κ3) is 4.13. The van der Waals surface area contributed by atoms with Crippen LogP contribution in [0, 0.1) is 19.7 Å². The van der Waals surface area contributed by atoms with E-state index in [0.717, 1.165) is 9.75 Å². The smallest absolute Gasteiger partial charge is 0.339 e. The summed E-state index contributed by atoms with van der Waals surface area (Å²) < 4.78 is 17.7. The molecule has 6 heteroatoms. The second-order valence-corrected chi connectivity index (χ2v) is 5.92. The highest BCUT2D eigenvalue weighted by molar-refractivity contribution is 7.12. The van der Waals surface area contributed by atoms with Gasteiger partial charge < -0.3 is 10.1 Å². The average Bonchev–Trinajstić information content (AvgIpc) is 2.78. The van der Waals surface area contributed by atoms with E-state index in [1.807, 2.05) is 13.8 Å². The monoisotopic (exact) mass is 307 g/mol. The molecule has 0 saturated carbocycles. The van der Waals surface area contributed by atoms with E-state index in [4.69, 9.17) is 4.74 Å². The fourth-order valence-electron chi connectivity index (χ4n) is 1.77. The van der Waals surface area contributed by atoms with E-state index in [1.54, 1.807) is 6.07 Å². The van der Waals surface area contributed by atoms with Crippen molar-refractivity contribution in [2.45, 2.75) is 13.8 Å². The fourth-order valence-corrected chi connectivity index (χ4v) is 2.68. The van der Waals surface area contributed by atoms with Crippen molar-refractivity contribution in [3.63, 3.8) is 0 Å². The molecule has 0 saturated heterocycles. The first-order valence-corrected chi connectivity index (χ1v) is 7.07. The Morgan fingerprint density at radius 3 is 2.48 bits per heavy atom. The Labute approximate surface area is 125 Å². The van der Waals surface area contributed by atoms with Crippen molar-refractivity contribution in [3.8, 4) is 0 Å². The number of carbonyl (C=O) groups excluding carboxylic acids is 2. The summed E-state index contributed by atoms with van der Waals surface area (Å²) in [5.74, 6) is -1.38. The summed E-state index contributed by atoms with van der Waals surface area (Å²) in [5, 5.41) is 2.52. The van der Waals surface area contributed by atoms with Crippen molar-refractivity contribution in [3.05, 3.63) is 51.5 Å². The van der Waals surface area contributed by atoms with Gasteiger partial charge in [0.25, 0.3) is 5.91 Å². The molecule has 1 heterocycles. The highest BCUT2D eigenvalue weighted by Crippen LogP contribution is 2.21. The van der Waals surface area contributed by atoms with Gasteiger partial charge in [0, 0.05) is 15.4 Å². The number of amides is 1. The van der Waals surface area contributed by atoms with Gasteiger partial charge in [0.1, 0.15) is 5.82 Å². The zero-order valence-electron chi connectivity index (χ0n) is 11.6. The number of carbonyl (C=O) groups is 2. The summed E-state index contributed by atoms with van der Waals surface area (Å²) in [6.07, 6.45) is 0. The molecule has 2 rings (SSSR count). The molecule has 1 aromatic heterocycles. The van der Waals surface area contributed by atoms with Crippen LogP contribution >= 0.6 is 11.3 Å². The number of thiophene rings is 1. The summed E-state index contributed by atoms with van der Waals surface area (Å²) in [4.78, 5) is 25.3. The maximum absolute atomic E-state index is 12.7. The number of anilines is 1. The lowest BCUT2D eigenvalue weighted by molar-refractivity contribution is -0.119. The fraction of sp³-hybridized carbons (Fsp3) is 0.200. The van der Waals surface area contributed by atoms with Crippen LogP contribution in [0.4, 0.5) is 10.1 Å². The van der Waals surface area contributed by atoms with Gasteiger partial charge in [-0.1, -0.05) is 0 Å². The number of hydrogen-bond acceptors (Lipinski definition) is 4. The lowest BCUT2D eigenvalue weighted by atomic mass is 10.2. The SMILES string of the molecule is Cc1cc(C(=O)OCC(=O)Nc2ccc(F)cc2)c(C)s1. The number of hydrogen-bond donors (Lipinski definition) is 1. The van der Waals surface area contributed by atoms with Crippen molar-refractivity contribution in [2.75, 3.05) is 11.9 Å². The maximum Gasteiger partial charge on any atom is 0.339 e. The molecule has 0 atom stereocenters. The quantitative estimate of drug-likeness (QED) is 0.882. The van der Waals surface area contributed by atoms with Gasteiger partial charge in [-0.2, -0.15) is 0 Å². The van der Waals surface area contributed by atoms with E-state index in [1.165, 1.54) is 35.6 Å². The predicted octanol–water partition coefficient (Wildman–Crippen LogP) is 3.30. The maximum atomic E-state index is 12.7. The third-order valence-corrected chi connectivity index (χ3v) is 3.69. The molecule has 0 bridgehead atoms. The minimum Gasteiger partial charge on any atom is -0.452 e. The van der Waals surface area contributed by atoms with Gasteiger partial charge in [-0.25, -0.2) is 9.18 Å². The second-order valence-electron chi connectivity index (χ2n) is 4.46. The molecule has 0 unspecified atom stereocenters. The summed E-state index contributed by atoms with van der Waals surface area (Å²) in [6, 6.07) is 7.07. The Morgan fingerprint density at radius 2 is 1.90 bits per heavy atom. The minimum atomic E-state index is -0.522. The molecule has 0 aliphatic rings. The number of rotatable bonds is 4. The number of benzene rings is 1. The van der Waals surface area contributed by atoms with E-state index in [0.29, 0.717) is 11.3 Å². The first-order valence-electron chi connectivity index (χ1n) is 6.25. The molecule has 4 nitrogen and oxygen atoms in total. The average molecular weight is 307 g/mol. The van der Waals surface area contributed by atoms with Crippen LogP contribution in [0.25, 0.3) is 0 Å². The molecule has 1 amide bonds. The first kappa shape index (κ1) is 15.2. The lowest BCUT2D eigenvalue weighted by Gasteiger charge is -2.06. The van der Waals surface area contributed by atoms with Gasteiger partial charge >= 0.3 is 5.97 Å². The van der Waals surface area contributed by atoms with Gasteiger partial charge in [0.2, 0.25) is 0 Å². The van der Waals surface area contributed by atoms with Crippen LogP contribution in [0.1, 0.15) is 20.1 Å². The molecule has 0 aliphatic carbocycles. The van der Waals surface area contributed by atoms with Gasteiger partial charge in [-0.05, 0) is 44.2 Å². The van der Waals surface area contributed by atoms with Crippen LogP contribution < -0.4 is 5.32 Å². The first-order chi connectivity index (χ1) is 9.95. The summed E-state index contributed by atoms with van der Waals surface area (Å²) in [5.41, 5.74) is 0.923. The van der Waals surface area contributed by atoms with Crippen LogP contribution in [0.5, 0.6) is 0 Å². The number of nitrogens with one attached hydrogen (secondary N) is 1. The second kappa shape index (κ2) is 6.49. The predicted molar refractivity (Wildman–Crippen MR) is 79.1 cm³/mol. The number of halogens is 1. The van der Waals surface area contributed by atoms with E-state index < -0.39 is 11.9 Å². The minimum absolute atomic E-state index is 0.384. The van der Waals surface area contributed by atoms with Crippen molar-refractivity contribution >= 4 is 28.9 Å². The molecule has 21 heavy (non-hydrogen) atoms. The van der Waals surface area contributed by atoms with Gasteiger partial charge in [-0.3, -0.25) is 4.79 Å². The van der Waals surface area contributed by atoms with E-state index in [2.05, 4.69) is 5.32 Å². The number of ether oxygens (including phenoxy) is 1. The standard InChI is InChI=1S/C15H14FNO3S/c1-9-7-13(10(2)21-9)15(19)20-8-14(18)17-12-5-3-11(16)4-6-12/h3-7H,8H2,1-2H3,(H,17,18). The highest BCUT2D eigenvalue weighted by atomic mass is 32.1. The van der Waals surface area contributed by atoms with Crippen LogP contribution in [0.2, 0.25) is 0 Å². The molecule has 0 radical (unpaired) electrons. The molecule has 0 spiro atoms. The molecular weight excluding hydrogens is 293 g/mol. The largest absolute Gasteiger partial charge is 0.452 e. The van der Waals surface area contributed by atoms with Crippen molar-refractivity contribution in [2.24, 2.45) is 0 Å². The Bertz CT molecular complexity index is 664. The van der Waals surface area contributed by atoms with E-state index in [9.17, 15) is 14.0 Å². The summed E-state index contributed by atoms with van der Waals surface area (Å²) in [6.45, 7) is 3.34. The molecule has 0 aliphatic heterocycles. The molecule has 0 fully saturated rings. The lowest BCUT2D eigenvalue weighted by Crippen LogP contribution is -2.21. The van der Waals surface area contributed by atoms with Crippen LogP contribution in [-0.4, -0.2) is 18.5 Å². The van der Waals surface area contributed by atoms with Crippen molar-refractivity contribution in [1.29, 1.82) is 0 Å². The molecular formula is C15H14FNO3S. The van der Waals surface area contributed by atoms with Crippen molar-refractivity contribution in [1.82, 2.24) is 0 Å². The van der Waals surface area contributed by atoms with Crippen LogP contribution in [0.15, 0.2) is 30.3 Å². The summed E-state index contributed by atoms with van der Waals surface area (Å²) in [7, 11) is 0. The zero-order chi connectivity index (χ0) is 15.4. The van der Waals surface area contributed by atoms with Gasteiger partial charge in [0.15, 0.2) is 6.61 Å². The topological polar surface area (TPSA) is 55.4 Å². The van der Waals surface area contributed by atoms with Crippen molar-refractivity contribution < 1.29 is 18.7 Å². The molecule has 110 valence electrons. The number of aryl methyl sites for hydroxylation is 2. The van der Waals surface area contributed by atoms with Gasteiger partial charge in [0.05, 0.1) is 5.56 Å². The Balaban J connectivity index is 1.88. The third-order valence-electron chi connectivity index (χ3n) is 2.72. The molecule has 1 N–H and O–H groups in total. The Morgan fingerprint density at radius 1 is 1.24 bits per heavy atom. The van der Waals surface area contributed by atoms with E-state index in [-0.39, 0.29) is 12.4 Å². The van der Waals surface area contributed by atoms with Crippen LogP contribution in [-0.2, 0) is 9.53 Å². The summed E-state index contributed by atoms with van der Waals surface area (Å²) >= 11 is 1.50. The van der Waals surface area contributed by atoms with Crippen LogP contribution in [0.3, 0.4) is 0 Å². The Hall–Kier alpha value is -2.21. The zero-order valence-corrected chi connectivity index (χ0v) is 12.4.